The molecule has 6 nitrogen and oxygen atoms in total. The second kappa shape index (κ2) is 11.9. The summed E-state index contributed by atoms with van der Waals surface area (Å²) in [6, 6.07) is 19.3. The molecule has 0 saturated heterocycles. The van der Waals surface area contributed by atoms with Crippen LogP contribution in [0.1, 0.15) is 33.3 Å². The van der Waals surface area contributed by atoms with Gasteiger partial charge in [0.1, 0.15) is 17.2 Å². The number of aliphatic hydroxyl groups excluding tert-OH is 1. The van der Waals surface area contributed by atoms with Crippen molar-refractivity contribution in [3.05, 3.63) is 90.5 Å². The third-order valence-electron chi connectivity index (χ3n) is 5.14. The van der Waals surface area contributed by atoms with Crippen LogP contribution in [-0.2, 0) is 6.61 Å². The molecule has 0 saturated carbocycles. The first-order valence-corrected chi connectivity index (χ1v) is 11.7. The van der Waals surface area contributed by atoms with Gasteiger partial charge >= 0.3 is 0 Å². The number of aliphatic hydroxyl groups is 1. The van der Waals surface area contributed by atoms with Gasteiger partial charge in [0.2, 0.25) is 0 Å². The number of anilines is 1. The fourth-order valence-electron chi connectivity index (χ4n) is 3.57. The minimum atomic E-state index is -0.306. The normalized spacial score (nSPS) is 10.2. The first-order chi connectivity index (χ1) is 17.1. The highest BCUT2D eigenvalue weighted by atomic mass is 19.1. The standard InChI is InChI=1S/C24H18FN5O.2C2H6/c25-17-7-5-16(6-8-17)21-13-28-20-12-22(19-2-1-11-27-23(19)26)30(24(20)29-21)18-9-3-15(14-31)4-10-18;2*1-2/h1-13,31H,14H2,(H2,26,27);2*1-2H3. The molecule has 0 amide bonds. The topological polar surface area (TPSA) is 89.9 Å². The average Bonchev–Trinajstić information content (AvgIpc) is 3.30. The van der Waals surface area contributed by atoms with Gasteiger partial charge in [-0.05, 0) is 60.2 Å². The van der Waals surface area contributed by atoms with E-state index >= 15 is 0 Å². The van der Waals surface area contributed by atoms with Crippen molar-refractivity contribution in [3.63, 3.8) is 0 Å². The van der Waals surface area contributed by atoms with Crippen molar-refractivity contribution in [2.45, 2.75) is 34.3 Å². The molecular formula is C28H30FN5O. The molecule has 0 aliphatic carbocycles. The van der Waals surface area contributed by atoms with Gasteiger partial charge in [0.15, 0.2) is 5.65 Å². The lowest BCUT2D eigenvalue weighted by Gasteiger charge is -2.12. The second-order valence-corrected chi connectivity index (χ2v) is 7.10. The van der Waals surface area contributed by atoms with E-state index < -0.39 is 0 Å². The van der Waals surface area contributed by atoms with Crippen LogP contribution in [0.2, 0.25) is 0 Å². The van der Waals surface area contributed by atoms with Crippen molar-refractivity contribution in [2.24, 2.45) is 0 Å². The van der Waals surface area contributed by atoms with E-state index in [1.807, 2.05) is 74.7 Å². The van der Waals surface area contributed by atoms with Gasteiger partial charge in [0.05, 0.1) is 24.2 Å². The lowest BCUT2D eigenvalue weighted by Crippen LogP contribution is -2.02. The summed E-state index contributed by atoms with van der Waals surface area (Å²) in [4.78, 5) is 13.7. The fourth-order valence-corrected chi connectivity index (χ4v) is 3.57. The van der Waals surface area contributed by atoms with E-state index in [2.05, 4.69) is 9.97 Å². The minimum Gasteiger partial charge on any atom is -0.392 e. The number of halogens is 1. The number of nitrogen functional groups attached to an aromatic ring is 1. The van der Waals surface area contributed by atoms with Crippen LogP contribution in [0.25, 0.3) is 39.4 Å². The van der Waals surface area contributed by atoms with E-state index in [4.69, 9.17) is 10.7 Å². The number of nitrogens with two attached hydrogens (primary N) is 1. The molecule has 35 heavy (non-hydrogen) atoms. The molecule has 5 aromatic rings. The molecule has 5 rings (SSSR count). The maximum Gasteiger partial charge on any atom is 0.164 e. The highest BCUT2D eigenvalue weighted by molar-refractivity contribution is 5.87. The van der Waals surface area contributed by atoms with Crippen LogP contribution in [-0.4, -0.2) is 24.6 Å². The molecule has 0 aliphatic rings. The molecule has 180 valence electrons. The lowest BCUT2D eigenvalue weighted by atomic mass is 10.1. The Labute approximate surface area is 204 Å². The van der Waals surface area contributed by atoms with E-state index in [1.54, 1.807) is 24.5 Å². The first-order valence-electron chi connectivity index (χ1n) is 11.7. The van der Waals surface area contributed by atoms with Crippen LogP contribution in [0.4, 0.5) is 10.2 Å². The van der Waals surface area contributed by atoms with Crippen molar-refractivity contribution >= 4 is 17.0 Å². The first kappa shape index (κ1) is 25.5. The van der Waals surface area contributed by atoms with Crippen molar-refractivity contribution in [1.82, 2.24) is 19.5 Å². The molecular weight excluding hydrogens is 441 g/mol. The smallest absolute Gasteiger partial charge is 0.164 e. The van der Waals surface area contributed by atoms with Crippen molar-refractivity contribution in [3.8, 4) is 28.2 Å². The second-order valence-electron chi connectivity index (χ2n) is 7.10. The monoisotopic (exact) mass is 471 g/mol. The number of nitrogens with zero attached hydrogens (tertiary/aromatic N) is 4. The van der Waals surface area contributed by atoms with Gasteiger partial charge in [-0.25, -0.2) is 14.4 Å². The van der Waals surface area contributed by atoms with Crippen LogP contribution in [0.3, 0.4) is 0 Å². The molecule has 0 spiro atoms. The van der Waals surface area contributed by atoms with Gasteiger partial charge in [-0.2, -0.15) is 0 Å². The van der Waals surface area contributed by atoms with Gasteiger partial charge in [-0.1, -0.05) is 39.8 Å². The van der Waals surface area contributed by atoms with Crippen LogP contribution in [0.5, 0.6) is 0 Å². The van der Waals surface area contributed by atoms with Gasteiger partial charge in [-0.15, -0.1) is 0 Å². The van der Waals surface area contributed by atoms with Gasteiger partial charge < -0.3 is 10.8 Å². The molecule has 0 atom stereocenters. The number of hydrogen-bond acceptors (Lipinski definition) is 5. The fraction of sp³-hybridized carbons (Fsp3) is 0.179. The lowest BCUT2D eigenvalue weighted by molar-refractivity contribution is 0.282. The van der Waals surface area contributed by atoms with Crippen LogP contribution < -0.4 is 5.73 Å². The number of hydrogen-bond donors (Lipinski definition) is 2. The Morgan fingerprint density at radius 2 is 1.60 bits per heavy atom. The molecule has 0 fully saturated rings. The molecule has 0 radical (unpaired) electrons. The summed E-state index contributed by atoms with van der Waals surface area (Å²) in [5, 5.41) is 9.40. The predicted molar refractivity (Wildman–Crippen MR) is 141 cm³/mol. The number of aromatic nitrogens is 4. The third kappa shape index (κ3) is 5.36. The maximum atomic E-state index is 13.4. The van der Waals surface area contributed by atoms with Gasteiger partial charge in [0.25, 0.3) is 0 Å². The van der Waals surface area contributed by atoms with Gasteiger partial charge in [0, 0.05) is 23.0 Å². The Morgan fingerprint density at radius 3 is 2.23 bits per heavy atom. The van der Waals surface area contributed by atoms with Crippen molar-refractivity contribution < 1.29 is 9.50 Å². The van der Waals surface area contributed by atoms with E-state index in [-0.39, 0.29) is 12.4 Å². The summed E-state index contributed by atoms with van der Waals surface area (Å²) in [5.41, 5.74) is 12.1. The van der Waals surface area contributed by atoms with E-state index in [9.17, 15) is 9.50 Å². The summed E-state index contributed by atoms with van der Waals surface area (Å²) in [6.45, 7) is 7.96. The van der Waals surface area contributed by atoms with Crippen LogP contribution in [0.15, 0.2) is 79.1 Å². The van der Waals surface area contributed by atoms with E-state index in [1.165, 1.54) is 12.1 Å². The highest BCUT2D eigenvalue weighted by Gasteiger charge is 2.17. The molecule has 2 aromatic carbocycles. The SMILES string of the molecule is CC.CC.Nc1ncccc1-c1cc2ncc(-c3ccc(F)cc3)nc2n1-c1ccc(CO)cc1. The quantitative estimate of drug-likeness (QED) is 0.316. The zero-order chi connectivity index (χ0) is 25.4. The molecule has 0 aliphatic heterocycles. The molecule has 0 bridgehead atoms. The summed E-state index contributed by atoms with van der Waals surface area (Å²) in [5.74, 6) is 0.0942. The Bertz CT molecular complexity index is 1380. The Balaban J connectivity index is 0.000000815. The molecule has 0 unspecified atom stereocenters. The Hall–Kier alpha value is -4.10. The zero-order valence-corrected chi connectivity index (χ0v) is 20.4. The number of fused-ring (bicyclic) bond motifs is 1. The summed E-state index contributed by atoms with van der Waals surface area (Å²) >= 11 is 0. The van der Waals surface area contributed by atoms with Gasteiger partial charge in [-0.3, -0.25) is 9.55 Å². The minimum absolute atomic E-state index is 0.0381. The Morgan fingerprint density at radius 1 is 0.914 bits per heavy atom. The zero-order valence-electron chi connectivity index (χ0n) is 20.4. The maximum absolute atomic E-state index is 13.4. The van der Waals surface area contributed by atoms with Crippen LogP contribution >= 0.6 is 0 Å². The summed E-state index contributed by atoms with van der Waals surface area (Å²) < 4.78 is 15.3. The van der Waals surface area contributed by atoms with E-state index in [0.717, 1.165) is 28.1 Å². The van der Waals surface area contributed by atoms with Crippen molar-refractivity contribution in [1.29, 1.82) is 0 Å². The summed E-state index contributed by atoms with van der Waals surface area (Å²) in [7, 11) is 0. The molecule has 3 aromatic heterocycles. The number of rotatable bonds is 4. The average molecular weight is 472 g/mol. The number of benzene rings is 2. The highest BCUT2D eigenvalue weighted by Crippen LogP contribution is 2.33. The molecule has 7 heteroatoms. The third-order valence-corrected chi connectivity index (χ3v) is 5.14. The Kier molecular flexibility index (Phi) is 8.64. The largest absolute Gasteiger partial charge is 0.392 e. The molecule has 3 N–H and O–H groups in total. The van der Waals surface area contributed by atoms with E-state index in [0.29, 0.717) is 22.7 Å². The number of pyridine rings is 1. The van der Waals surface area contributed by atoms with Crippen LogP contribution in [0, 0.1) is 5.82 Å². The van der Waals surface area contributed by atoms with Crippen molar-refractivity contribution in [2.75, 3.05) is 5.73 Å². The summed E-state index contributed by atoms with van der Waals surface area (Å²) in [6.07, 6.45) is 3.32. The predicted octanol–water partition coefficient (Wildman–Crippen LogP) is 6.42. The molecule has 3 heterocycles.